The molecule has 0 heterocycles. The molecule has 5 nitrogen and oxygen atoms in total. The second kappa shape index (κ2) is 9.20. The number of nitrogens with one attached hydrogen (secondary N) is 2. The number of hydrogen-bond acceptors (Lipinski definition) is 4. The molecule has 0 unspecified atom stereocenters. The molecule has 0 radical (unpaired) electrons. The van der Waals surface area contributed by atoms with Crippen molar-refractivity contribution in [2.24, 2.45) is 0 Å². The Morgan fingerprint density at radius 1 is 1.30 bits per heavy atom. The number of rotatable bonds is 9. The van der Waals surface area contributed by atoms with Crippen molar-refractivity contribution in [1.29, 1.82) is 0 Å². The maximum atomic E-state index is 11.5. The Morgan fingerprint density at radius 3 is 2.75 bits per heavy atom. The molecule has 0 aliphatic heterocycles. The van der Waals surface area contributed by atoms with Crippen LogP contribution in [0.1, 0.15) is 25.8 Å². The lowest BCUT2D eigenvalue weighted by Crippen LogP contribution is -2.28. The normalized spacial score (nSPS) is 10.2. The summed E-state index contributed by atoms with van der Waals surface area (Å²) in [6, 6.07) is 5.72. The van der Waals surface area contributed by atoms with Crippen LogP contribution in [0, 0.1) is 0 Å². The molecule has 0 bridgehead atoms. The molecule has 1 aromatic carbocycles. The maximum absolute atomic E-state index is 11.5. The van der Waals surface area contributed by atoms with Crippen LogP contribution in [0.2, 0.25) is 0 Å². The van der Waals surface area contributed by atoms with Crippen molar-refractivity contribution < 1.29 is 14.3 Å². The number of carbonyl (C=O) groups excluding carboxylic acids is 1. The second-order valence-corrected chi connectivity index (χ2v) is 4.37. The summed E-state index contributed by atoms with van der Waals surface area (Å²) in [4.78, 5) is 11.5. The van der Waals surface area contributed by atoms with Gasteiger partial charge in [-0.3, -0.25) is 4.79 Å². The number of methoxy groups -OCH3 is 1. The molecule has 1 rings (SSSR count). The molecular weight excluding hydrogens is 256 g/mol. The highest BCUT2D eigenvalue weighted by Crippen LogP contribution is 2.30. The van der Waals surface area contributed by atoms with Crippen molar-refractivity contribution in [3.8, 4) is 11.5 Å². The van der Waals surface area contributed by atoms with Gasteiger partial charge >= 0.3 is 0 Å². The zero-order valence-corrected chi connectivity index (χ0v) is 12.5. The Kier molecular flexibility index (Phi) is 7.50. The molecule has 0 aliphatic rings. The van der Waals surface area contributed by atoms with Crippen LogP contribution in [0.15, 0.2) is 18.2 Å². The third kappa shape index (κ3) is 5.09. The summed E-state index contributed by atoms with van der Waals surface area (Å²) < 4.78 is 10.9. The molecule has 2 N–H and O–H groups in total. The van der Waals surface area contributed by atoms with Crippen LogP contribution in [0.4, 0.5) is 0 Å². The summed E-state index contributed by atoms with van der Waals surface area (Å²) in [7, 11) is 1.59. The largest absolute Gasteiger partial charge is 0.493 e. The summed E-state index contributed by atoms with van der Waals surface area (Å²) >= 11 is 0. The topological polar surface area (TPSA) is 59.6 Å². The highest BCUT2D eigenvalue weighted by atomic mass is 16.5. The van der Waals surface area contributed by atoms with Crippen molar-refractivity contribution in [2.75, 3.05) is 26.8 Å². The molecule has 5 heteroatoms. The molecule has 1 amide bonds. The van der Waals surface area contributed by atoms with Gasteiger partial charge in [0.05, 0.1) is 7.11 Å². The van der Waals surface area contributed by atoms with Crippen molar-refractivity contribution >= 4 is 5.91 Å². The Labute approximate surface area is 120 Å². The summed E-state index contributed by atoms with van der Waals surface area (Å²) in [5.74, 6) is 1.14. The predicted octanol–water partition coefficient (Wildman–Crippen LogP) is 1.71. The Morgan fingerprint density at radius 2 is 2.10 bits per heavy atom. The Bertz CT molecular complexity index is 422. The lowest BCUT2D eigenvalue weighted by Gasteiger charge is -2.15. The summed E-state index contributed by atoms with van der Waals surface area (Å²) in [5.41, 5.74) is 0.988. The lowest BCUT2D eigenvalue weighted by atomic mass is 10.2. The van der Waals surface area contributed by atoms with Gasteiger partial charge in [-0.1, -0.05) is 19.1 Å². The van der Waals surface area contributed by atoms with E-state index in [1.165, 1.54) is 0 Å². The fourth-order valence-electron chi connectivity index (χ4n) is 1.81. The number of carbonyl (C=O) groups is 1. The highest BCUT2D eigenvalue weighted by Gasteiger charge is 2.12. The fourth-order valence-corrected chi connectivity index (χ4v) is 1.81. The fraction of sp³-hybridized carbons (Fsp3) is 0.533. The first kappa shape index (κ1) is 16.3. The van der Waals surface area contributed by atoms with E-state index in [1.807, 2.05) is 25.1 Å². The van der Waals surface area contributed by atoms with E-state index >= 15 is 0 Å². The van der Waals surface area contributed by atoms with Gasteiger partial charge in [0.1, 0.15) is 0 Å². The molecule has 0 fully saturated rings. The van der Waals surface area contributed by atoms with Crippen LogP contribution in [-0.4, -0.2) is 32.7 Å². The van der Waals surface area contributed by atoms with Crippen LogP contribution in [-0.2, 0) is 11.3 Å². The summed E-state index contributed by atoms with van der Waals surface area (Å²) in [6.07, 6.45) is 1.07. The van der Waals surface area contributed by atoms with E-state index in [4.69, 9.17) is 9.47 Å². The molecule has 1 aromatic rings. The first-order valence-corrected chi connectivity index (χ1v) is 6.99. The average Bonchev–Trinajstić information content (AvgIpc) is 2.46. The van der Waals surface area contributed by atoms with Crippen LogP contribution < -0.4 is 20.1 Å². The SMILES string of the molecule is CCCNCc1cccc(OC)c1OCC(=O)NCC. The molecule has 0 atom stereocenters. The average molecular weight is 280 g/mol. The van der Waals surface area contributed by atoms with Crippen LogP contribution >= 0.6 is 0 Å². The first-order valence-electron chi connectivity index (χ1n) is 6.99. The number of likely N-dealkylation sites (N-methyl/N-ethyl adjacent to an activating group) is 1. The molecule has 0 aliphatic carbocycles. The van der Waals surface area contributed by atoms with E-state index in [-0.39, 0.29) is 12.5 Å². The number of ether oxygens (including phenoxy) is 2. The van der Waals surface area contributed by atoms with Gasteiger partial charge < -0.3 is 20.1 Å². The molecule has 0 saturated carbocycles. The highest BCUT2D eigenvalue weighted by molar-refractivity contribution is 5.77. The Balaban J connectivity index is 2.75. The third-order valence-corrected chi connectivity index (χ3v) is 2.74. The van der Waals surface area contributed by atoms with Crippen LogP contribution in [0.3, 0.4) is 0 Å². The van der Waals surface area contributed by atoms with Crippen molar-refractivity contribution in [1.82, 2.24) is 10.6 Å². The first-order chi connectivity index (χ1) is 9.72. The van der Waals surface area contributed by atoms with Gasteiger partial charge in [0.15, 0.2) is 18.1 Å². The standard InChI is InChI=1S/C15H24N2O3/c1-4-9-16-10-12-7-6-8-13(19-3)15(12)20-11-14(18)17-5-2/h6-8,16H,4-5,9-11H2,1-3H3,(H,17,18). The van der Waals surface area contributed by atoms with Gasteiger partial charge in [0.25, 0.3) is 5.91 Å². The number of amides is 1. The predicted molar refractivity (Wildman–Crippen MR) is 79.2 cm³/mol. The molecular formula is C15H24N2O3. The van der Waals surface area contributed by atoms with Crippen molar-refractivity contribution in [2.45, 2.75) is 26.8 Å². The van der Waals surface area contributed by atoms with Gasteiger partial charge in [-0.25, -0.2) is 0 Å². The van der Waals surface area contributed by atoms with E-state index in [0.717, 1.165) is 18.5 Å². The minimum Gasteiger partial charge on any atom is -0.493 e. The van der Waals surface area contributed by atoms with Crippen LogP contribution in [0.5, 0.6) is 11.5 Å². The molecule has 20 heavy (non-hydrogen) atoms. The van der Waals surface area contributed by atoms with Crippen molar-refractivity contribution in [3.63, 3.8) is 0 Å². The zero-order valence-electron chi connectivity index (χ0n) is 12.5. The van der Waals surface area contributed by atoms with E-state index in [1.54, 1.807) is 7.11 Å². The summed E-state index contributed by atoms with van der Waals surface area (Å²) in [5, 5.41) is 6.02. The van der Waals surface area contributed by atoms with Crippen LogP contribution in [0.25, 0.3) is 0 Å². The van der Waals surface area contributed by atoms with Gasteiger partial charge in [-0.2, -0.15) is 0 Å². The smallest absolute Gasteiger partial charge is 0.257 e. The maximum Gasteiger partial charge on any atom is 0.257 e. The van der Waals surface area contributed by atoms with E-state index in [9.17, 15) is 4.79 Å². The van der Waals surface area contributed by atoms with Gasteiger partial charge in [0, 0.05) is 18.7 Å². The summed E-state index contributed by atoms with van der Waals surface area (Å²) in [6.45, 7) is 6.21. The molecule has 112 valence electrons. The molecule has 0 aromatic heterocycles. The zero-order chi connectivity index (χ0) is 14.8. The minimum absolute atomic E-state index is 0.00497. The molecule has 0 saturated heterocycles. The third-order valence-electron chi connectivity index (χ3n) is 2.74. The lowest BCUT2D eigenvalue weighted by molar-refractivity contribution is -0.123. The Hall–Kier alpha value is -1.75. The van der Waals surface area contributed by atoms with Gasteiger partial charge in [-0.05, 0) is 26.0 Å². The number of para-hydroxylation sites is 1. The number of hydrogen-bond donors (Lipinski definition) is 2. The van der Waals surface area contributed by atoms with E-state index in [0.29, 0.717) is 24.6 Å². The van der Waals surface area contributed by atoms with Crippen molar-refractivity contribution in [3.05, 3.63) is 23.8 Å². The van der Waals surface area contributed by atoms with Gasteiger partial charge in [-0.15, -0.1) is 0 Å². The molecule has 0 spiro atoms. The van der Waals surface area contributed by atoms with Gasteiger partial charge in [0.2, 0.25) is 0 Å². The monoisotopic (exact) mass is 280 g/mol. The van der Waals surface area contributed by atoms with E-state index < -0.39 is 0 Å². The number of benzene rings is 1. The quantitative estimate of drug-likeness (QED) is 0.676. The van der Waals surface area contributed by atoms with E-state index in [2.05, 4.69) is 17.6 Å². The second-order valence-electron chi connectivity index (χ2n) is 4.37. The minimum atomic E-state index is -0.133.